The monoisotopic (exact) mass is 285 g/mol. The average molecular weight is 285 g/mol. The number of rotatable bonds is 2. The molecule has 21 heavy (non-hydrogen) atoms. The Balaban J connectivity index is 1.65. The molecule has 0 aliphatic carbocycles. The molecule has 6 heteroatoms. The van der Waals surface area contributed by atoms with Gasteiger partial charge in [0.05, 0.1) is 10.9 Å². The number of nitrogens with two attached hydrogens (primary N) is 1. The molecule has 3 heterocycles. The van der Waals surface area contributed by atoms with Crippen LogP contribution in [0.3, 0.4) is 0 Å². The van der Waals surface area contributed by atoms with E-state index < -0.39 is 0 Å². The van der Waals surface area contributed by atoms with Crippen LogP contribution in [0, 0.1) is 0 Å². The van der Waals surface area contributed by atoms with E-state index in [1.54, 1.807) is 18.2 Å². The number of hydrogen-bond acceptors (Lipinski definition) is 5. The van der Waals surface area contributed by atoms with Crippen LogP contribution in [0.2, 0.25) is 0 Å². The highest BCUT2D eigenvalue weighted by Gasteiger charge is 2.37. The Morgan fingerprint density at radius 2 is 2.24 bits per heavy atom. The Morgan fingerprint density at radius 1 is 1.33 bits per heavy atom. The van der Waals surface area contributed by atoms with Crippen molar-refractivity contribution in [2.24, 2.45) is 0 Å². The summed E-state index contributed by atoms with van der Waals surface area (Å²) in [6, 6.07) is 6.19. The molecule has 2 aliphatic heterocycles. The summed E-state index contributed by atoms with van der Waals surface area (Å²) < 4.78 is 0. The summed E-state index contributed by atoms with van der Waals surface area (Å²) in [5.41, 5.74) is 6.83. The van der Waals surface area contributed by atoms with Crippen LogP contribution in [-0.4, -0.2) is 40.0 Å². The quantitative estimate of drug-likeness (QED) is 0.721. The van der Waals surface area contributed by atoms with Crippen molar-refractivity contribution in [2.45, 2.75) is 31.3 Å². The molecule has 110 valence electrons. The van der Waals surface area contributed by atoms with Crippen LogP contribution in [0.1, 0.15) is 19.3 Å². The molecule has 2 aromatic rings. The molecule has 0 spiro atoms. The van der Waals surface area contributed by atoms with Crippen molar-refractivity contribution in [2.75, 3.05) is 24.1 Å². The minimum absolute atomic E-state index is 0.143. The Hall–Kier alpha value is -2.08. The number of benzene rings is 1. The van der Waals surface area contributed by atoms with Crippen LogP contribution in [0.15, 0.2) is 23.0 Å². The smallest absolute Gasteiger partial charge is 0.260 e. The van der Waals surface area contributed by atoms with Gasteiger partial charge in [-0.05, 0) is 44.0 Å². The number of H-pyrrole nitrogens is 1. The zero-order valence-corrected chi connectivity index (χ0v) is 11.8. The Bertz CT molecular complexity index is 740. The lowest BCUT2D eigenvalue weighted by atomic mass is 10.1. The van der Waals surface area contributed by atoms with Gasteiger partial charge in [-0.15, -0.1) is 0 Å². The number of anilines is 2. The van der Waals surface area contributed by atoms with E-state index in [2.05, 4.69) is 20.2 Å². The lowest BCUT2D eigenvalue weighted by Gasteiger charge is -2.21. The second kappa shape index (κ2) is 4.73. The molecule has 0 saturated carbocycles. The Kier molecular flexibility index (Phi) is 2.85. The van der Waals surface area contributed by atoms with E-state index in [0.717, 1.165) is 13.0 Å². The molecule has 2 atom stereocenters. The minimum Gasteiger partial charge on any atom is -0.399 e. The van der Waals surface area contributed by atoms with Crippen LogP contribution in [0.4, 0.5) is 11.6 Å². The maximum absolute atomic E-state index is 12.2. The maximum atomic E-state index is 12.2. The maximum Gasteiger partial charge on any atom is 0.260 e. The highest BCUT2D eigenvalue weighted by Crippen LogP contribution is 2.29. The van der Waals surface area contributed by atoms with E-state index in [1.807, 2.05) is 0 Å². The molecule has 6 nitrogen and oxygen atoms in total. The summed E-state index contributed by atoms with van der Waals surface area (Å²) in [5, 5.41) is 3.96. The molecule has 2 fully saturated rings. The predicted molar refractivity (Wildman–Crippen MR) is 83.4 cm³/mol. The molecule has 2 aliphatic rings. The second-order valence-corrected chi connectivity index (χ2v) is 5.98. The van der Waals surface area contributed by atoms with Gasteiger partial charge in [0.2, 0.25) is 5.95 Å². The standard InChI is InChI=1S/C15H19N5O/c16-9-3-4-11-10(8-9)14(21)19-15(17-11)18-12-5-7-20-6-1-2-13(12)20/h3-4,8,12-13H,1-2,5-7,16H2,(H2,17,18,19,21). The van der Waals surface area contributed by atoms with Crippen LogP contribution in [-0.2, 0) is 0 Å². The number of aromatic nitrogens is 2. The van der Waals surface area contributed by atoms with Crippen LogP contribution >= 0.6 is 0 Å². The topological polar surface area (TPSA) is 87.0 Å². The molecule has 0 amide bonds. The summed E-state index contributed by atoms with van der Waals surface area (Å²) in [6.07, 6.45) is 3.60. The van der Waals surface area contributed by atoms with Gasteiger partial charge in [-0.2, -0.15) is 0 Å². The van der Waals surface area contributed by atoms with Crippen LogP contribution in [0.25, 0.3) is 10.9 Å². The highest BCUT2D eigenvalue weighted by atomic mass is 16.1. The summed E-state index contributed by atoms with van der Waals surface area (Å²) in [6.45, 7) is 2.33. The van der Waals surface area contributed by atoms with E-state index in [9.17, 15) is 4.79 Å². The number of aromatic amines is 1. The van der Waals surface area contributed by atoms with Gasteiger partial charge in [0.25, 0.3) is 5.56 Å². The number of fused-ring (bicyclic) bond motifs is 2. The molecule has 4 N–H and O–H groups in total. The van der Waals surface area contributed by atoms with Crippen molar-refractivity contribution in [3.63, 3.8) is 0 Å². The predicted octanol–water partition coefficient (Wildman–Crippen LogP) is 1.15. The fraction of sp³-hybridized carbons (Fsp3) is 0.467. The molecule has 0 radical (unpaired) electrons. The summed E-state index contributed by atoms with van der Waals surface area (Å²) in [7, 11) is 0. The fourth-order valence-corrected chi connectivity index (χ4v) is 3.65. The molecule has 0 bridgehead atoms. The number of hydrogen-bond donors (Lipinski definition) is 3. The second-order valence-electron chi connectivity index (χ2n) is 5.98. The molecular formula is C15H19N5O. The van der Waals surface area contributed by atoms with Gasteiger partial charge >= 0.3 is 0 Å². The third-order valence-corrected chi connectivity index (χ3v) is 4.66. The van der Waals surface area contributed by atoms with E-state index in [-0.39, 0.29) is 5.56 Å². The van der Waals surface area contributed by atoms with Crippen molar-refractivity contribution in [1.82, 2.24) is 14.9 Å². The number of nitrogens with one attached hydrogen (secondary N) is 2. The van der Waals surface area contributed by atoms with Crippen molar-refractivity contribution in [3.05, 3.63) is 28.6 Å². The lowest BCUT2D eigenvalue weighted by molar-refractivity contribution is 0.318. The van der Waals surface area contributed by atoms with Crippen LogP contribution < -0.4 is 16.6 Å². The van der Waals surface area contributed by atoms with Gasteiger partial charge in [-0.25, -0.2) is 4.98 Å². The largest absolute Gasteiger partial charge is 0.399 e. The zero-order chi connectivity index (χ0) is 14.4. The van der Waals surface area contributed by atoms with Gasteiger partial charge < -0.3 is 11.1 Å². The molecular weight excluding hydrogens is 266 g/mol. The van der Waals surface area contributed by atoms with Gasteiger partial charge in [0, 0.05) is 24.3 Å². The third kappa shape index (κ3) is 2.15. The molecule has 1 aromatic heterocycles. The molecule has 1 aromatic carbocycles. The normalized spacial score (nSPS) is 25.3. The third-order valence-electron chi connectivity index (χ3n) is 4.66. The van der Waals surface area contributed by atoms with E-state index in [0.29, 0.717) is 34.6 Å². The van der Waals surface area contributed by atoms with Crippen molar-refractivity contribution in [1.29, 1.82) is 0 Å². The van der Waals surface area contributed by atoms with Gasteiger partial charge in [0.15, 0.2) is 0 Å². The van der Waals surface area contributed by atoms with Gasteiger partial charge in [-0.1, -0.05) is 0 Å². The fourth-order valence-electron chi connectivity index (χ4n) is 3.65. The first-order valence-corrected chi connectivity index (χ1v) is 7.51. The SMILES string of the molecule is Nc1ccc2nc(NC3CCN4CCCC34)[nH]c(=O)c2c1. The van der Waals surface area contributed by atoms with Gasteiger partial charge in [-0.3, -0.25) is 14.7 Å². The molecule has 2 unspecified atom stereocenters. The average Bonchev–Trinajstić information content (AvgIpc) is 3.05. The summed E-state index contributed by atoms with van der Waals surface area (Å²) >= 11 is 0. The minimum atomic E-state index is -0.143. The molecule has 2 saturated heterocycles. The summed E-state index contributed by atoms with van der Waals surface area (Å²) in [5.74, 6) is 0.566. The number of nitrogen functional groups attached to an aromatic ring is 1. The molecule has 4 rings (SSSR count). The first-order chi connectivity index (χ1) is 10.2. The van der Waals surface area contributed by atoms with E-state index in [1.165, 1.54) is 19.4 Å². The van der Waals surface area contributed by atoms with Crippen molar-refractivity contribution < 1.29 is 0 Å². The number of nitrogens with zero attached hydrogens (tertiary/aromatic N) is 2. The van der Waals surface area contributed by atoms with Crippen molar-refractivity contribution >= 4 is 22.5 Å². The Labute approximate surface area is 122 Å². The lowest BCUT2D eigenvalue weighted by Crippen LogP contribution is -2.34. The summed E-state index contributed by atoms with van der Waals surface area (Å²) in [4.78, 5) is 22.0. The van der Waals surface area contributed by atoms with E-state index >= 15 is 0 Å². The highest BCUT2D eigenvalue weighted by molar-refractivity contribution is 5.81. The van der Waals surface area contributed by atoms with Crippen molar-refractivity contribution in [3.8, 4) is 0 Å². The van der Waals surface area contributed by atoms with Crippen LogP contribution in [0.5, 0.6) is 0 Å². The van der Waals surface area contributed by atoms with E-state index in [4.69, 9.17) is 5.73 Å². The first kappa shape index (κ1) is 12.6. The Morgan fingerprint density at radius 3 is 3.14 bits per heavy atom. The zero-order valence-electron chi connectivity index (χ0n) is 11.8. The first-order valence-electron chi connectivity index (χ1n) is 7.51. The van der Waals surface area contributed by atoms with Gasteiger partial charge in [0.1, 0.15) is 0 Å².